The Balaban J connectivity index is 2.16. The molecule has 0 saturated heterocycles. The lowest BCUT2D eigenvalue weighted by molar-refractivity contribution is 0.894. The number of rotatable bonds is 4. The van der Waals surface area contributed by atoms with Gasteiger partial charge in [-0.3, -0.25) is 0 Å². The third-order valence-corrected chi connectivity index (χ3v) is 3.59. The molecule has 0 atom stereocenters. The van der Waals surface area contributed by atoms with E-state index < -0.39 is 0 Å². The highest BCUT2D eigenvalue weighted by atomic mass is 32.2. The average molecular weight is 269 g/mol. The summed E-state index contributed by atoms with van der Waals surface area (Å²) in [6, 6.07) is 14.2. The van der Waals surface area contributed by atoms with Crippen LogP contribution in [0.25, 0.3) is 0 Å². The van der Waals surface area contributed by atoms with Gasteiger partial charge in [0.2, 0.25) is 0 Å². The quantitative estimate of drug-likeness (QED) is 0.798. The second-order valence-electron chi connectivity index (χ2n) is 4.19. The number of nitrogens with zero attached hydrogens (tertiary/aromatic N) is 3. The molecule has 0 spiro atoms. The van der Waals surface area contributed by atoms with Gasteiger partial charge in [-0.25, -0.2) is 4.98 Å². The molecule has 0 aliphatic heterocycles. The van der Waals surface area contributed by atoms with Crippen molar-refractivity contribution in [2.24, 2.45) is 0 Å². The molecule has 1 aromatic carbocycles. The molecule has 19 heavy (non-hydrogen) atoms. The molecule has 0 fully saturated rings. The minimum Gasteiger partial charge on any atom is -0.354 e. The molecule has 0 radical (unpaired) electrons. The van der Waals surface area contributed by atoms with E-state index in [4.69, 9.17) is 5.26 Å². The summed E-state index contributed by atoms with van der Waals surface area (Å²) in [5.74, 6) is 0.721. The van der Waals surface area contributed by atoms with E-state index in [1.165, 1.54) is 10.5 Å². The number of benzene rings is 1. The molecule has 2 rings (SSSR count). The van der Waals surface area contributed by atoms with Crippen molar-refractivity contribution in [3.05, 3.63) is 53.7 Å². The van der Waals surface area contributed by atoms with Gasteiger partial charge in [0.15, 0.2) is 0 Å². The number of thioether (sulfide) groups is 1. The molecular weight excluding hydrogens is 254 g/mol. The second-order valence-corrected chi connectivity index (χ2v) is 5.07. The lowest BCUT2D eigenvalue weighted by Gasteiger charge is -2.19. The molecule has 0 aliphatic carbocycles. The van der Waals surface area contributed by atoms with Crippen molar-refractivity contribution in [1.29, 1.82) is 5.26 Å². The largest absolute Gasteiger partial charge is 0.354 e. The van der Waals surface area contributed by atoms with Crippen LogP contribution in [0.3, 0.4) is 0 Å². The first-order valence-electron chi connectivity index (χ1n) is 5.94. The van der Waals surface area contributed by atoms with Crippen molar-refractivity contribution in [3.8, 4) is 6.07 Å². The summed E-state index contributed by atoms with van der Waals surface area (Å²) in [6.07, 6.45) is 3.78. The fourth-order valence-corrected chi connectivity index (χ4v) is 2.28. The highest BCUT2D eigenvalue weighted by Gasteiger charge is 2.08. The van der Waals surface area contributed by atoms with Gasteiger partial charge >= 0.3 is 0 Å². The Morgan fingerprint density at radius 1 is 1.26 bits per heavy atom. The summed E-state index contributed by atoms with van der Waals surface area (Å²) in [5.41, 5.74) is 1.81. The van der Waals surface area contributed by atoms with Crippen molar-refractivity contribution in [1.82, 2.24) is 4.98 Å². The monoisotopic (exact) mass is 269 g/mol. The van der Waals surface area contributed by atoms with Gasteiger partial charge in [-0.15, -0.1) is 11.8 Å². The number of hydrogen-bond donors (Lipinski definition) is 0. The topological polar surface area (TPSA) is 39.9 Å². The molecule has 0 N–H and O–H groups in total. The minimum absolute atomic E-state index is 0.603. The van der Waals surface area contributed by atoms with E-state index in [2.05, 4.69) is 41.6 Å². The zero-order valence-corrected chi connectivity index (χ0v) is 11.8. The maximum absolute atomic E-state index is 9.08. The van der Waals surface area contributed by atoms with E-state index in [9.17, 15) is 0 Å². The lowest BCUT2D eigenvalue weighted by atomic mass is 10.2. The van der Waals surface area contributed by atoms with Crippen LogP contribution in [0.5, 0.6) is 0 Å². The third kappa shape index (κ3) is 3.27. The Morgan fingerprint density at radius 2 is 2.00 bits per heavy atom. The van der Waals surface area contributed by atoms with Gasteiger partial charge in [0.25, 0.3) is 0 Å². The first-order chi connectivity index (χ1) is 9.24. The summed E-state index contributed by atoms with van der Waals surface area (Å²) in [4.78, 5) is 7.52. The van der Waals surface area contributed by atoms with E-state index in [1.807, 2.05) is 11.9 Å². The molecule has 1 heterocycles. The second kappa shape index (κ2) is 6.26. The van der Waals surface area contributed by atoms with E-state index >= 15 is 0 Å². The van der Waals surface area contributed by atoms with Crippen LogP contribution in [-0.2, 0) is 6.54 Å². The molecule has 3 nitrogen and oxygen atoms in total. The van der Waals surface area contributed by atoms with Crippen LogP contribution in [0.1, 0.15) is 11.1 Å². The zero-order valence-electron chi connectivity index (χ0n) is 11.0. The van der Waals surface area contributed by atoms with Crippen LogP contribution >= 0.6 is 11.8 Å². The van der Waals surface area contributed by atoms with Gasteiger partial charge in [-0.1, -0.05) is 12.1 Å². The summed E-state index contributed by atoms with van der Waals surface area (Å²) in [5, 5.41) is 9.08. The van der Waals surface area contributed by atoms with Crippen molar-refractivity contribution in [3.63, 3.8) is 0 Å². The van der Waals surface area contributed by atoms with Crippen molar-refractivity contribution in [2.45, 2.75) is 11.4 Å². The number of nitriles is 1. The zero-order chi connectivity index (χ0) is 13.7. The maximum Gasteiger partial charge on any atom is 0.146 e. The molecule has 0 bridgehead atoms. The molecule has 0 saturated carbocycles. The molecule has 0 unspecified atom stereocenters. The summed E-state index contributed by atoms with van der Waals surface area (Å²) < 4.78 is 0. The number of hydrogen-bond acceptors (Lipinski definition) is 4. The molecule has 2 aromatic rings. The molecule has 1 aromatic heterocycles. The van der Waals surface area contributed by atoms with Crippen LogP contribution in [0, 0.1) is 11.3 Å². The SMILES string of the molecule is CSc1ccc(CN(C)c2ncccc2C#N)cc1. The molecule has 96 valence electrons. The normalized spacial score (nSPS) is 9.95. The summed E-state index contributed by atoms with van der Waals surface area (Å²) in [7, 11) is 1.95. The Kier molecular flexibility index (Phi) is 4.43. The first-order valence-corrected chi connectivity index (χ1v) is 7.16. The minimum atomic E-state index is 0.603. The van der Waals surface area contributed by atoms with E-state index in [0.29, 0.717) is 5.56 Å². The van der Waals surface area contributed by atoms with Gasteiger partial charge in [0, 0.05) is 24.7 Å². The molecule has 4 heteroatoms. The van der Waals surface area contributed by atoms with Gasteiger partial charge < -0.3 is 4.90 Å². The number of anilines is 1. The third-order valence-electron chi connectivity index (χ3n) is 2.85. The standard InChI is InChI=1S/C15H15N3S/c1-18(15-13(10-16)4-3-9-17-15)11-12-5-7-14(19-2)8-6-12/h3-9H,11H2,1-2H3. The smallest absolute Gasteiger partial charge is 0.146 e. The Hall–Kier alpha value is -1.99. The highest BCUT2D eigenvalue weighted by Crippen LogP contribution is 2.19. The van der Waals surface area contributed by atoms with Gasteiger partial charge in [0.1, 0.15) is 11.9 Å². The lowest BCUT2D eigenvalue weighted by Crippen LogP contribution is -2.18. The number of pyridine rings is 1. The van der Waals surface area contributed by atoms with Crippen LogP contribution in [-0.4, -0.2) is 18.3 Å². The Morgan fingerprint density at radius 3 is 2.63 bits per heavy atom. The van der Waals surface area contributed by atoms with E-state index in [1.54, 1.807) is 30.1 Å². The molecule has 0 amide bonds. The molecule has 0 aliphatic rings. The predicted molar refractivity (Wildman–Crippen MR) is 79.3 cm³/mol. The van der Waals surface area contributed by atoms with Gasteiger partial charge in [-0.05, 0) is 36.1 Å². The van der Waals surface area contributed by atoms with E-state index in [0.717, 1.165) is 12.4 Å². The van der Waals surface area contributed by atoms with Crippen molar-refractivity contribution < 1.29 is 0 Å². The maximum atomic E-state index is 9.08. The highest BCUT2D eigenvalue weighted by molar-refractivity contribution is 7.98. The predicted octanol–water partition coefficient (Wildman–Crippen LogP) is 3.31. The Bertz CT molecular complexity index is 587. The Labute approximate surface area is 117 Å². The average Bonchev–Trinajstić information content (AvgIpc) is 2.48. The van der Waals surface area contributed by atoms with Crippen LogP contribution < -0.4 is 4.90 Å². The summed E-state index contributed by atoms with van der Waals surface area (Å²) >= 11 is 1.73. The van der Waals surface area contributed by atoms with Crippen molar-refractivity contribution in [2.75, 3.05) is 18.2 Å². The first kappa shape index (κ1) is 13.4. The van der Waals surface area contributed by atoms with Crippen LogP contribution in [0.15, 0.2) is 47.5 Å². The van der Waals surface area contributed by atoms with Gasteiger partial charge in [0.05, 0.1) is 5.56 Å². The van der Waals surface area contributed by atoms with E-state index in [-0.39, 0.29) is 0 Å². The molecular formula is C15H15N3S. The fourth-order valence-electron chi connectivity index (χ4n) is 1.87. The van der Waals surface area contributed by atoms with Crippen LogP contribution in [0.2, 0.25) is 0 Å². The van der Waals surface area contributed by atoms with Crippen LogP contribution in [0.4, 0.5) is 5.82 Å². The summed E-state index contributed by atoms with van der Waals surface area (Å²) in [6.45, 7) is 0.736. The number of aromatic nitrogens is 1. The van der Waals surface area contributed by atoms with Crippen molar-refractivity contribution >= 4 is 17.6 Å². The fraction of sp³-hybridized carbons (Fsp3) is 0.200. The van der Waals surface area contributed by atoms with Gasteiger partial charge in [-0.2, -0.15) is 5.26 Å².